The Kier molecular flexibility index (Phi) is 3.39. The molecule has 0 aromatic rings. The minimum atomic E-state index is 0.117. The molecule has 3 heteroatoms. The van der Waals surface area contributed by atoms with Crippen molar-refractivity contribution in [2.45, 2.75) is 47.6 Å². The maximum Gasteiger partial charge on any atom is 0.227 e. The first-order valence-electron chi connectivity index (χ1n) is 6.18. The van der Waals surface area contributed by atoms with Crippen LogP contribution in [0.4, 0.5) is 0 Å². The molecule has 1 saturated carbocycles. The third-order valence-corrected chi connectivity index (χ3v) is 4.54. The first kappa shape index (κ1) is 13.5. The normalized spacial score (nSPS) is 22.2. The highest BCUT2D eigenvalue weighted by molar-refractivity contribution is 5.84. The molecule has 0 aromatic heterocycles. The van der Waals surface area contributed by atoms with E-state index in [1.807, 2.05) is 4.90 Å². The quantitative estimate of drug-likeness (QED) is 0.795. The van der Waals surface area contributed by atoms with Crippen molar-refractivity contribution in [1.29, 1.82) is 0 Å². The van der Waals surface area contributed by atoms with Crippen LogP contribution in [0.25, 0.3) is 0 Å². The lowest BCUT2D eigenvalue weighted by atomic mass is 10.0. The summed E-state index contributed by atoms with van der Waals surface area (Å²) in [5.41, 5.74) is 5.80. The van der Waals surface area contributed by atoms with Crippen LogP contribution in [-0.4, -0.2) is 29.9 Å². The highest BCUT2D eigenvalue weighted by atomic mass is 16.2. The van der Waals surface area contributed by atoms with Gasteiger partial charge in [0.1, 0.15) is 0 Å². The maximum absolute atomic E-state index is 12.4. The number of hydrogen-bond donors (Lipinski definition) is 1. The van der Waals surface area contributed by atoms with Gasteiger partial charge in [0.05, 0.1) is 0 Å². The van der Waals surface area contributed by atoms with Crippen LogP contribution in [0.15, 0.2) is 0 Å². The van der Waals surface area contributed by atoms with Gasteiger partial charge in [-0.3, -0.25) is 4.79 Å². The zero-order valence-electron chi connectivity index (χ0n) is 11.5. The van der Waals surface area contributed by atoms with Crippen molar-refractivity contribution in [2.24, 2.45) is 22.5 Å². The maximum atomic E-state index is 12.4. The average Bonchev–Trinajstić information content (AvgIpc) is 2.52. The summed E-state index contributed by atoms with van der Waals surface area (Å²) in [5, 5.41) is 0. The molecule has 2 N–H and O–H groups in total. The van der Waals surface area contributed by atoms with E-state index in [1.54, 1.807) is 0 Å². The Morgan fingerprint density at radius 3 is 1.94 bits per heavy atom. The van der Waals surface area contributed by atoms with E-state index >= 15 is 0 Å². The predicted octanol–water partition coefficient (Wildman–Crippen LogP) is 1.86. The molecule has 0 aliphatic heterocycles. The van der Waals surface area contributed by atoms with Gasteiger partial charge in [-0.05, 0) is 24.7 Å². The van der Waals surface area contributed by atoms with Gasteiger partial charge >= 0.3 is 0 Å². The molecule has 1 fully saturated rings. The van der Waals surface area contributed by atoms with Crippen LogP contribution in [-0.2, 0) is 4.79 Å². The Labute approximate surface area is 99.4 Å². The van der Waals surface area contributed by atoms with E-state index in [4.69, 9.17) is 5.73 Å². The molecular weight excluding hydrogens is 200 g/mol. The first-order chi connectivity index (χ1) is 7.17. The molecule has 3 nitrogen and oxygen atoms in total. The average molecular weight is 226 g/mol. The topological polar surface area (TPSA) is 46.3 Å². The third-order valence-electron chi connectivity index (χ3n) is 4.54. The molecule has 1 aliphatic rings. The zero-order valence-corrected chi connectivity index (χ0v) is 11.5. The summed E-state index contributed by atoms with van der Waals surface area (Å²) < 4.78 is 0. The van der Waals surface area contributed by atoms with Crippen molar-refractivity contribution in [3.8, 4) is 0 Å². The lowest BCUT2D eigenvalue weighted by Crippen LogP contribution is -2.42. The van der Waals surface area contributed by atoms with E-state index in [9.17, 15) is 4.79 Å². The number of rotatable bonds is 4. The summed E-state index contributed by atoms with van der Waals surface area (Å²) in [7, 11) is 0. The summed E-state index contributed by atoms with van der Waals surface area (Å²) in [6.45, 7) is 14.0. The van der Waals surface area contributed by atoms with Crippen molar-refractivity contribution in [3.63, 3.8) is 0 Å². The lowest BCUT2D eigenvalue weighted by Gasteiger charge is -2.27. The molecule has 0 atom stereocenters. The summed E-state index contributed by atoms with van der Waals surface area (Å²) in [4.78, 5) is 14.4. The second-order valence-electron chi connectivity index (χ2n) is 6.29. The van der Waals surface area contributed by atoms with Crippen LogP contribution in [0.2, 0.25) is 0 Å². The van der Waals surface area contributed by atoms with E-state index in [0.29, 0.717) is 13.1 Å². The summed E-state index contributed by atoms with van der Waals surface area (Å²) in [6, 6.07) is 0.239. The highest BCUT2D eigenvalue weighted by Crippen LogP contribution is 2.68. The number of hydrogen-bond acceptors (Lipinski definition) is 2. The van der Waals surface area contributed by atoms with Gasteiger partial charge in [0.25, 0.3) is 0 Å². The van der Waals surface area contributed by atoms with E-state index in [2.05, 4.69) is 41.5 Å². The monoisotopic (exact) mass is 226 g/mol. The molecule has 0 bridgehead atoms. The number of nitrogens with zero attached hydrogens (tertiary/aromatic N) is 1. The van der Waals surface area contributed by atoms with Crippen LogP contribution in [0, 0.1) is 16.7 Å². The number of carbonyl (C=O) groups is 1. The molecule has 16 heavy (non-hydrogen) atoms. The molecule has 0 heterocycles. The Morgan fingerprint density at radius 2 is 1.69 bits per heavy atom. The molecular formula is C13H26N2O. The SMILES string of the molecule is CC(C)N(CCN)C(=O)C1C(C)(C)C1(C)C. The second kappa shape index (κ2) is 4.02. The molecule has 1 rings (SSSR count). The molecule has 0 spiro atoms. The fourth-order valence-corrected chi connectivity index (χ4v) is 2.74. The molecule has 1 amide bonds. The Hall–Kier alpha value is -0.570. The lowest BCUT2D eigenvalue weighted by molar-refractivity contribution is -0.135. The van der Waals surface area contributed by atoms with Gasteiger partial charge in [-0.25, -0.2) is 0 Å². The predicted molar refractivity (Wildman–Crippen MR) is 67.0 cm³/mol. The van der Waals surface area contributed by atoms with Gasteiger partial charge < -0.3 is 10.6 Å². The van der Waals surface area contributed by atoms with E-state index in [1.165, 1.54) is 0 Å². The fraction of sp³-hybridized carbons (Fsp3) is 0.923. The standard InChI is InChI=1S/C13H26N2O/c1-9(2)15(8-7-14)11(16)10-12(3,4)13(10,5)6/h9-10H,7-8,14H2,1-6H3. The first-order valence-corrected chi connectivity index (χ1v) is 6.18. The van der Waals surface area contributed by atoms with Gasteiger partial charge in [0.15, 0.2) is 0 Å². The number of amides is 1. The molecule has 0 unspecified atom stereocenters. The third kappa shape index (κ3) is 1.86. The minimum Gasteiger partial charge on any atom is -0.339 e. The van der Waals surface area contributed by atoms with E-state index in [0.717, 1.165) is 0 Å². The second-order valence-corrected chi connectivity index (χ2v) is 6.29. The van der Waals surface area contributed by atoms with E-state index in [-0.39, 0.29) is 28.7 Å². The Balaban J connectivity index is 2.79. The Morgan fingerprint density at radius 1 is 1.25 bits per heavy atom. The van der Waals surface area contributed by atoms with Crippen molar-refractivity contribution in [3.05, 3.63) is 0 Å². The zero-order chi connectivity index (χ0) is 12.7. The molecule has 0 saturated heterocycles. The molecule has 1 aliphatic carbocycles. The molecule has 94 valence electrons. The van der Waals surface area contributed by atoms with Crippen molar-refractivity contribution >= 4 is 5.91 Å². The highest BCUT2D eigenvalue weighted by Gasteiger charge is 2.68. The van der Waals surface area contributed by atoms with Crippen LogP contribution in [0.1, 0.15) is 41.5 Å². The van der Waals surface area contributed by atoms with E-state index < -0.39 is 0 Å². The van der Waals surface area contributed by atoms with Gasteiger partial charge in [-0.2, -0.15) is 0 Å². The van der Waals surface area contributed by atoms with Crippen LogP contribution >= 0.6 is 0 Å². The molecule has 0 aromatic carbocycles. The van der Waals surface area contributed by atoms with Crippen LogP contribution < -0.4 is 5.73 Å². The summed E-state index contributed by atoms with van der Waals surface area (Å²) in [6.07, 6.45) is 0. The summed E-state index contributed by atoms with van der Waals surface area (Å²) >= 11 is 0. The number of carbonyl (C=O) groups excluding carboxylic acids is 1. The van der Waals surface area contributed by atoms with Crippen LogP contribution in [0.5, 0.6) is 0 Å². The van der Waals surface area contributed by atoms with Gasteiger partial charge in [-0.15, -0.1) is 0 Å². The van der Waals surface area contributed by atoms with Gasteiger partial charge in [0, 0.05) is 25.0 Å². The molecule has 0 radical (unpaired) electrons. The Bertz CT molecular complexity index is 268. The smallest absolute Gasteiger partial charge is 0.227 e. The largest absolute Gasteiger partial charge is 0.339 e. The van der Waals surface area contributed by atoms with Gasteiger partial charge in [-0.1, -0.05) is 27.7 Å². The fourth-order valence-electron chi connectivity index (χ4n) is 2.74. The van der Waals surface area contributed by atoms with Crippen molar-refractivity contribution < 1.29 is 4.79 Å². The van der Waals surface area contributed by atoms with Crippen LogP contribution in [0.3, 0.4) is 0 Å². The van der Waals surface area contributed by atoms with Gasteiger partial charge in [0.2, 0.25) is 5.91 Å². The summed E-state index contributed by atoms with van der Waals surface area (Å²) in [5.74, 6) is 0.421. The van der Waals surface area contributed by atoms with Crippen molar-refractivity contribution in [1.82, 2.24) is 4.90 Å². The van der Waals surface area contributed by atoms with Crippen molar-refractivity contribution in [2.75, 3.05) is 13.1 Å². The number of nitrogens with two attached hydrogens (primary N) is 1. The minimum absolute atomic E-state index is 0.117.